The molecule has 0 spiro atoms. The molecule has 2 aromatic rings. The lowest BCUT2D eigenvalue weighted by molar-refractivity contribution is 0.627. The molecule has 0 atom stereocenters. The summed E-state index contributed by atoms with van der Waals surface area (Å²) in [6, 6.07) is 6.22. The number of hydrogen-bond donors (Lipinski definition) is 1. The summed E-state index contributed by atoms with van der Waals surface area (Å²) in [6.45, 7) is 0. The number of anilines is 2. The summed E-state index contributed by atoms with van der Waals surface area (Å²) in [4.78, 5) is 4.15. The Bertz CT molecular complexity index is 523. The fourth-order valence-electron chi connectivity index (χ4n) is 1.24. The van der Waals surface area contributed by atoms with Crippen LogP contribution in [0.15, 0.2) is 39.4 Å². The maximum Gasteiger partial charge on any atom is 0.130 e. The highest BCUT2D eigenvalue weighted by Crippen LogP contribution is 2.33. The first-order chi connectivity index (χ1) is 8.06. The van der Waals surface area contributed by atoms with Crippen molar-refractivity contribution in [1.29, 1.82) is 0 Å². The van der Waals surface area contributed by atoms with Crippen molar-refractivity contribution >= 4 is 55.0 Å². The lowest BCUT2D eigenvalue weighted by atomic mass is 10.3. The Morgan fingerprint density at radius 3 is 2.59 bits per heavy atom. The molecule has 1 aromatic heterocycles. The molecular weight excluding hydrogens is 374 g/mol. The molecule has 0 radical (unpaired) electrons. The second-order valence-corrected chi connectivity index (χ2v) is 5.41. The van der Waals surface area contributed by atoms with E-state index in [1.165, 1.54) is 12.1 Å². The van der Waals surface area contributed by atoms with Gasteiger partial charge in [0, 0.05) is 15.1 Å². The molecule has 0 aliphatic heterocycles. The topological polar surface area (TPSA) is 24.9 Å². The van der Waals surface area contributed by atoms with Gasteiger partial charge in [0.15, 0.2) is 0 Å². The Balaban J connectivity index is 2.33. The van der Waals surface area contributed by atoms with E-state index in [0.29, 0.717) is 21.0 Å². The summed E-state index contributed by atoms with van der Waals surface area (Å²) in [5.41, 5.74) is 0.586. The quantitative estimate of drug-likeness (QED) is 0.780. The molecule has 2 nitrogen and oxygen atoms in total. The van der Waals surface area contributed by atoms with Gasteiger partial charge in [0.2, 0.25) is 0 Å². The number of benzene rings is 1. The molecule has 0 bridgehead atoms. The van der Waals surface area contributed by atoms with Crippen LogP contribution in [0.25, 0.3) is 0 Å². The molecule has 0 aliphatic rings. The van der Waals surface area contributed by atoms with Gasteiger partial charge < -0.3 is 5.32 Å². The van der Waals surface area contributed by atoms with E-state index in [2.05, 4.69) is 42.2 Å². The Kier molecular flexibility index (Phi) is 4.01. The fourth-order valence-corrected chi connectivity index (χ4v) is 2.37. The first-order valence-electron chi connectivity index (χ1n) is 4.59. The second kappa shape index (κ2) is 5.33. The molecule has 2 rings (SSSR count). The minimum atomic E-state index is -0.392. The van der Waals surface area contributed by atoms with Gasteiger partial charge in [-0.1, -0.05) is 11.6 Å². The van der Waals surface area contributed by atoms with Crippen molar-refractivity contribution in [3.8, 4) is 0 Å². The number of nitrogens with one attached hydrogen (secondary N) is 1. The van der Waals surface area contributed by atoms with Crippen LogP contribution in [-0.4, -0.2) is 4.98 Å². The zero-order valence-electron chi connectivity index (χ0n) is 8.35. The van der Waals surface area contributed by atoms with Gasteiger partial charge in [-0.05, 0) is 56.1 Å². The number of halogens is 4. The lowest BCUT2D eigenvalue weighted by Crippen LogP contribution is -1.95. The second-order valence-electron chi connectivity index (χ2n) is 3.23. The summed E-state index contributed by atoms with van der Waals surface area (Å²) in [5.74, 6) is 0.235. The minimum Gasteiger partial charge on any atom is -0.338 e. The SMILES string of the molecule is Fc1cc(Cl)c(Nc2ccc(Br)cn2)c(Br)c1. The van der Waals surface area contributed by atoms with Crippen molar-refractivity contribution in [1.82, 2.24) is 4.98 Å². The van der Waals surface area contributed by atoms with Crippen molar-refractivity contribution in [2.24, 2.45) is 0 Å². The molecule has 0 unspecified atom stereocenters. The zero-order chi connectivity index (χ0) is 12.4. The van der Waals surface area contributed by atoms with Crippen LogP contribution in [0.4, 0.5) is 15.9 Å². The standard InChI is InChI=1S/C11H6Br2ClFN2/c12-6-1-2-10(16-5-6)17-11-8(13)3-7(15)4-9(11)14/h1-5H,(H,16,17). The maximum absolute atomic E-state index is 13.0. The fraction of sp³-hybridized carbons (Fsp3) is 0. The van der Waals surface area contributed by atoms with E-state index in [1.54, 1.807) is 12.3 Å². The summed E-state index contributed by atoms with van der Waals surface area (Å²) >= 11 is 12.5. The van der Waals surface area contributed by atoms with Crippen LogP contribution in [0.1, 0.15) is 0 Å². The first kappa shape index (κ1) is 12.8. The van der Waals surface area contributed by atoms with E-state index in [4.69, 9.17) is 11.6 Å². The number of aromatic nitrogens is 1. The minimum absolute atomic E-state index is 0.293. The van der Waals surface area contributed by atoms with Crippen LogP contribution in [0, 0.1) is 5.82 Å². The van der Waals surface area contributed by atoms with Crippen molar-refractivity contribution in [2.75, 3.05) is 5.32 Å². The average Bonchev–Trinajstić information content (AvgIpc) is 2.26. The summed E-state index contributed by atoms with van der Waals surface area (Å²) in [5, 5.41) is 3.31. The maximum atomic E-state index is 13.0. The van der Waals surface area contributed by atoms with Gasteiger partial charge in [-0.3, -0.25) is 0 Å². The molecule has 0 saturated carbocycles. The summed E-state index contributed by atoms with van der Waals surface area (Å²) in [6.07, 6.45) is 1.66. The Morgan fingerprint density at radius 2 is 2.00 bits per heavy atom. The molecule has 17 heavy (non-hydrogen) atoms. The third-order valence-corrected chi connectivity index (χ3v) is 3.38. The normalized spacial score (nSPS) is 10.4. The predicted octanol–water partition coefficient (Wildman–Crippen LogP) is 5.14. The highest BCUT2D eigenvalue weighted by molar-refractivity contribution is 9.10. The highest BCUT2D eigenvalue weighted by atomic mass is 79.9. The summed E-state index contributed by atoms with van der Waals surface area (Å²) < 4.78 is 14.5. The number of nitrogens with zero attached hydrogens (tertiary/aromatic N) is 1. The molecular formula is C11H6Br2ClFN2. The van der Waals surface area contributed by atoms with Crippen molar-refractivity contribution < 1.29 is 4.39 Å². The third-order valence-electron chi connectivity index (χ3n) is 1.99. The Morgan fingerprint density at radius 1 is 1.24 bits per heavy atom. The molecule has 1 aromatic carbocycles. The van der Waals surface area contributed by atoms with Crippen LogP contribution in [0.2, 0.25) is 5.02 Å². The van der Waals surface area contributed by atoms with Crippen LogP contribution < -0.4 is 5.32 Å². The highest BCUT2D eigenvalue weighted by Gasteiger charge is 2.08. The lowest BCUT2D eigenvalue weighted by Gasteiger charge is -2.10. The molecule has 0 amide bonds. The van der Waals surface area contributed by atoms with E-state index in [-0.39, 0.29) is 0 Å². The molecule has 0 aliphatic carbocycles. The largest absolute Gasteiger partial charge is 0.338 e. The van der Waals surface area contributed by atoms with Crippen LogP contribution in [-0.2, 0) is 0 Å². The Hall–Kier alpha value is -0.650. The van der Waals surface area contributed by atoms with Crippen LogP contribution in [0.5, 0.6) is 0 Å². The van der Waals surface area contributed by atoms with E-state index < -0.39 is 5.82 Å². The van der Waals surface area contributed by atoms with E-state index >= 15 is 0 Å². The van der Waals surface area contributed by atoms with Gasteiger partial charge in [-0.15, -0.1) is 0 Å². The number of pyridine rings is 1. The van der Waals surface area contributed by atoms with E-state index in [1.807, 2.05) is 6.07 Å². The Labute approximate surface area is 119 Å². The van der Waals surface area contributed by atoms with E-state index in [9.17, 15) is 4.39 Å². The van der Waals surface area contributed by atoms with Gasteiger partial charge >= 0.3 is 0 Å². The van der Waals surface area contributed by atoms with Crippen molar-refractivity contribution in [2.45, 2.75) is 0 Å². The molecule has 0 saturated heterocycles. The van der Waals surface area contributed by atoms with E-state index in [0.717, 1.165) is 4.47 Å². The molecule has 1 heterocycles. The number of hydrogen-bond acceptors (Lipinski definition) is 2. The van der Waals surface area contributed by atoms with Gasteiger partial charge in [0.1, 0.15) is 11.6 Å². The monoisotopic (exact) mass is 378 g/mol. The third kappa shape index (κ3) is 3.18. The molecule has 6 heteroatoms. The van der Waals surface area contributed by atoms with Gasteiger partial charge in [0.05, 0.1) is 10.7 Å². The average molecular weight is 380 g/mol. The van der Waals surface area contributed by atoms with Crippen molar-refractivity contribution in [3.63, 3.8) is 0 Å². The van der Waals surface area contributed by atoms with Crippen LogP contribution >= 0.6 is 43.5 Å². The van der Waals surface area contributed by atoms with Crippen LogP contribution in [0.3, 0.4) is 0 Å². The summed E-state index contributed by atoms with van der Waals surface area (Å²) in [7, 11) is 0. The van der Waals surface area contributed by atoms with Gasteiger partial charge in [-0.25, -0.2) is 9.37 Å². The van der Waals surface area contributed by atoms with Crippen molar-refractivity contribution in [3.05, 3.63) is 50.2 Å². The molecule has 0 fully saturated rings. The first-order valence-corrected chi connectivity index (χ1v) is 6.56. The molecule has 1 N–H and O–H groups in total. The van der Waals surface area contributed by atoms with Gasteiger partial charge in [-0.2, -0.15) is 0 Å². The molecule has 88 valence electrons. The zero-order valence-corrected chi connectivity index (χ0v) is 12.3. The van der Waals surface area contributed by atoms with Gasteiger partial charge in [0.25, 0.3) is 0 Å². The number of rotatable bonds is 2. The predicted molar refractivity (Wildman–Crippen MR) is 74.3 cm³/mol. The smallest absolute Gasteiger partial charge is 0.130 e.